The minimum atomic E-state index is -4.36. The van der Waals surface area contributed by atoms with Gasteiger partial charge in [0, 0.05) is 11.5 Å². The SMILES string of the molecule is FC(F)(F)c1ccccc1-c1cnc(C2CCNCC2)[nH]1. The summed E-state index contributed by atoms with van der Waals surface area (Å²) in [5.41, 5.74) is -0.0559. The Labute approximate surface area is 120 Å². The minimum absolute atomic E-state index is 0.151. The minimum Gasteiger partial charge on any atom is -0.342 e. The first-order chi connectivity index (χ1) is 10.1. The first-order valence-electron chi connectivity index (χ1n) is 6.98. The summed E-state index contributed by atoms with van der Waals surface area (Å²) in [7, 11) is 0. The monoisotopic (exact) mass is 295 g/mol. The van der Waals surface area contributed by atoms with Crippen molar-refractivity contribution in [3.63, 3.8) is 0 Å². The number of aromatic nitrogens is 2. The number of imidazole rings is 1. The van der Waals surface area contributed by atoms with Crippen molar-refractivity contribution in [1.29, 1.82) is 0 Å². The zero-order chi connectivity index (χ0) is 14.9. The van der Waals surface area contributed by atoms with Gasteiger partial charge in [0.1, 0.15) is 5.82 Å². The zero-order valence-corrected chi connectivity index (χ0v) is 11.4. The van der Waals surface area contributed by atoms with E-state index in [9.17, 15) is 13.2 Å². The molecule has 1 aliphatic rings. The van der Waals surface area contributed by atoms with Gasteiger partial charge in [-0.3, -0.25) is 0 Å². The first kappa shape index (κ1) is 14.1. The molecule has 21 heavy (non-hydrogen) atoms. The molecule has 1 aromatic carbocycles. The van der Waals surface area contributed by atoms with E-state index < -0.39 is 11.7 Å². The van der Waals surface area contributed by atoms with E-state index in [4.69, 9.17) is 0 Å². The fourth-order valence-electron chi connectivity index (χ4n) is 2.74. The number of hydrogen-bond donors (Lipinski definition) is 2. The Hall–Kier alpha value is -1.82. The van der Waals surface area contributed by atoms with Crippen LogP contribution in [0.4, 0.5) is 13.2 Å². The maximum atomic E-state index is 13.1. The highest BCUT2D eigenvalue weighted by atomic mass is 19.4. The number of aromatic amines is 1. The summed E-state index contributed by atoms with van der Waals surface area (Å²) < 4.78 is 39.2. The van der Waals surface area contributed by atoms with E-state index in [1.54, 1.807) is 6.07 Å². The van der Waals surface area contributed by atoms with Crippen molar-refractivity contribution in [1.82, 2.24) is 15.3 Å². The molecule has 2 heterocycles. The second kappa shape index (κ2) is 5.52. The maximum Gasteiger partial charge on any atom is 0.417 e. The van der Waals surface area contributed by atoms with E-state index in [2.05, 4.69) is 15.3 Å². The second-order valence-electron chi connectivity index (χ2n) is 5.25. The predicted octanol–water partition coefficient (Wildman–Crippen LogP) is 3.56. The zero-order valence-electron chi connectivity index (χ0n) is 11.4. The Morgan fingerprint density at radius 1 is 1.10 bits per heavy atom. The predicted molar refractivity (Wildman–Crippen MR) is 73.9 cm³/mol. The smallest absolute Gasteiger partial charge is 0.342 e. The molecule has 0 radical (unpaired) electrons. The number of alkyl halides is 3. The summed E-state index contributed by atoms with van der Waals surface area (Å²) in [4.78, 5) is 7.36. The molecule has 0 saturated carbocycles. The Morgan fingerprint density at radius 3 is 2.52 bits per heavy atom. The Bertz CT molecular complexity index is 613. The molecule has 0 unspecified atom stereocenters. The Balaban J connectivity index is 1.93. The van der Waals surface area contributed by atoms with Crippen molar-refractivity contribution in [3.8, 4) is 11.3 Å². The molecule has 1 aromatic heterocycles. The van der Waals surface area contributed by atoms with Crippen LogP contribution in [0, 0.1) is 0 Å². The number of piperidine rings is 1. The van der Waals surface area contributed by atoms with E-state index in [0.29, 0.717) is 5.69 Å². The van der Waals surface area contributed by atoms with Crippen molar-refractivity contribution in [2.24, 2.45) is 0 Å². The number of rotatable bonds is 2. The largest absolute Gasteiger partial charge is 0.417 e. The standard InChI is InChI=1S/C15H16F3N3/c16-15(17,18)12-4-2-1-3-11(12)13-9-20-14(21-13)10-5-7-19-8-6-10/h1-4,9-10,19H,5-8H2,(H,20,21). The third kappa shape index (κ3) is 2.95. The average molecular weight is 295 g/mol. The van der Waals surface area contributed by atoms with Gasteiger partial charge in [-0.15, -0.1) is 0 Å². The highest BCUT2D eigenvalue weighted by Gasteiger charge is 2.33. The number of nitrogens with zero attached hydrogens (tertiary/aromatic N) is 1. The number of nitrogens with one attached hydrogen (secondary N) is 2. The van der Waals surface area contributed by atoms with E-state index in [1.807, 2.05) is 0 Å². The van der Waals surface area contributed by atoms with Gasteiger partial charge in [-0.25, -0.2) is 4.98 Å². The third-order valence-corrected chi connectivity index (χ3v) is 3.84. The van der Waals surface area contributed by atoms with E-state index in [1.165, 1.54) is 18.3 Å². The van der Waals surface area contributed by atoms with Gasteiger partial charge in [-0.1, -0.05) is 18.2 Å². The van der Waals surface area contributed by atoms with E-state index >= 15 is 0 Å². The van der Waals surface area contributed by atoms with Crippen LogP contribution in [0.3, 0.4) is 0 Å². The van der Waals surface area contributed by atoms with Gasteiger partial charge in [0.05, 0.1) is 17.5 Å². The molecule has 3 nitrogen and oxygen atoms in total. The van der Waals surface area contributed by atoms with Crippen molar-refractivity contribution < 1.29 is 13.2 Å². The molecule has 2 aromatic rings. The molecule has 0 atom stereocenters. The lowest BCUT2D eigenvalue weighted by atomic mass is 9.97. The van der Waals surface area contributed by atoms with Crippen molar-refractivity contribution in [3.05, 3.63) is 41.9 Å². The van der Waals surface area contributed by atoms with Crippen LogP contribution in [0.25, 0.3) is 11.3 Å². The van der Waals surface area contributed by atoms with Gasteiger partial charge in [0.25, 0.3) is 0 Å². The van der Waals surface area contributed by atoms with Crippen molar-refractivity contribution >= 4 is 0 Å². The van der Waals surface area contributed by atoms with E-state index in [-0.39, 0.29) is 11.5 Å². The van der Waals surface area contributed by atoms with Crippen LogP contribution in [0.1, 0.15) is 30.1 Å². The van der Waals surface area contributed by atoms with Crippen LogP contribution >= 0.6 is 0 Å². The lowest BCUT2D eigenvalue weighted by Gasteiger charge is -2.20. The van der Waals surface area contributed by atoms with E-state index in [0.717, 1.165) is 37.8 Å². The average Bonchev–Trinajstić information content (AvgIpc) is 2.97. The van der Waals surface area contributed by atoms with Gasteiger partial charge in [0.2, 0.25) is 0 Å². The molecule has 1 aliphatic heterocycles. The third-order valence-electron chi connectivity index (χ3n) is 3.84. The van der Waals surface area contributed by atoms with Crippen LogP contribution < -0.4 is 5.32 Å². The number of halogens is 3. The van der Waals surface area contributed by atoms with Crippen LogP contribution in [0.5, 0.6) is 0 Å². The molecule has 1 fully saturated rings. The summed E-state index contributed by atoms with van der Waals surface area (Å²) in [5.74, 6) is 1.07. The highest BCUT2D eigenvalue weighted by Crippen LogP contribution is 2.36. The maximum absolute atomic E-state index is 13.1. The van der Waals surface area contributed by atoms with Crippen LogP contribution in [-0.2, 0) is 6.18 Å². The van der Waals surface area contributed by atoms with Gasteiger partial charge in [-0.05, 0) is 32.0 Å². The molecule has 6 heteroatoms. The fraction of sp³-hybridized carbons (Fsp3) is 0.400. The quantitative estimate of drug-likeness (QED) is 0.889. The molecule has 0 spiro atoms. The Morgan fingerprint density at radius 2 is 1.81 bits per heavy atom. The summed E-state index contributed by atoms with van der Waals surface area (Å²) in [6, 6.07) is 5.58. The molecular formula is C15H16F3N3. The van der Waals surface area contributed by atoms with Crippen molar-refractivity contribution in [2.75, 3.05) is 13.1 Å². The number of benzene rings is 1. The van der Waals surface area contributed by atoms with Gasteiger partial charge >= 0.3 is 6.18 Å². The lowest BCUT2D eigenvalue weighted by Crippen LogP contribution is -2.27. The summed E-state index contributed by atoms with van der Waals surface area (Å²) in [6.45, 7) is 1.83. The normalized spacial score (nSPS) is 17.1. The molecule has 112 valence electrons. The van der Waals surface area contributed by atoms with Crippen molar-refractivity contribution in [2.45, 2.75) is 24.9 Å². The molecule has 1 saturated heterocycles. The lowest BCUT2D eigenvalue weighted by molar-refractivity contribution is -0.137. The highest BCUT2D eigenvalue weighted by molar-refractivity contribution is 5.64. The molecule has 0 amide bonds. The Kier molecular flexibility index (Phi) is 3.71. The number of hydrogen-bond acceptors (Lipinski definition) is 2. The van der Waals surface area contributed by atoms with Gasteiger partial charge in [0.15, 0.2) is 0 Å². The number of H-pyrrole nitrogens is 1. The fourth-order valence-corrected chi connectivity index (χ4v) is 2.74. The summed E-state index contributed by atoms with van der Waals surface area (Å²) >= 11 is 0. The molecule has 0 bridgehead atoms. The van der Waals surface area contributed by atoms with Crippen LogP contribution in [0.15, 0.2) is 30.5 Å². The van der Waals surface area contributed by atoms with Gasteiger partial charge < -0.3 is 10.3 Å². The summed E-state index contributed by atoms with van der Waals surface area (Å²) in [6.07, 6.45) is -0.958. The topological polar surface area (TPSA) is 40.7 Å². The molecule has 3 rings (SSSR count). The van der Waals surface area contributed by atoms with Gasteiger partial charge in [-0.2, -0.15) is 13.2 Å². The molecular weight excluding hydrogens is 279 g/mol. The van der Waals surface area contributed by atoms with Crippen LogP contribution in [-0.4, -0.2) is 23.1 Å². The first-order valence-corrected chi connectivity index (χ1v) is 6.98. The molecule has 0 aliphatic carbocycles. The second-order valence-corrected chi connectivity index (χ2v) is 5.25. The summed E-state index contributed by atoms with van der Waals surface area (Å²) in [5, 5.41) is 3.26. The molecule has 2 N–H and O–H groups in total. The van der Waals surface area contributed by atoms with Crippen LogP contribution in [0.2, 0.25) is 0 Å².